The van der Waals surface area contributed by atoms with E-state index in [2.05, 4.69) is 5.32 Å². The maximum atomic E-state index is 13.8. The fourth-order valence-electron chi connectivity index (χ4n) is 6.69. The molecule has 4 bridgehead atoms. The van der Waals surface area contributed by atoms with Gasteiger partial charge in [0.05, 0.1) is 41.8 Å². The number of fused-ring (bicyclic) bond motifs is 16. The summed E-state index contributed by atoms with van der Waals surface area (Å²) >= 11 is 0. The lowest BCUT2D eigenvalue weighted by Crippen LogP contribution is -2.46. The molecule has 0 fully saturated rings. The van der Waals surface area contributed by atoms with Gasteiger partial charge in [0.1, 0.15) is 5.76 Å². The predicted octanol–water partition coefficient (Wildman–Crippen LogP) is 1.99. The van der Waals surface area contributed by atoms with Gasteiger partial charge in [0.15, 0.2) is 11.6 Å². The highest BCUT2D eigenvalue weighted by molar-refractivity contribution is 6.29. The van der Waals surface area contributed by atoms with Gasteiger partial charge in [0.2, 0.25) is 5.78 Å². The molecule has 0 radical (unpaired) electrons. The number of amides is 1. The summed E-state index contributed by atoms with van der Waals surface area (Å²) in [6, 6.07) is 0. The van der Waals surface area contributed by atoms with Crippen molar-refractivity contribution in [1.29, 1.82) is 0 Å². The minimum absolute atomic E-state index is 0.0776. The molecule has 0 saturated heterocycles. The summed E-state index contributed by atoms with van der Waals surface area (Å²) in [6.07, 6.45) is -0.485. The Morgan fingerprint density at radius 2 is 1.30 bits per heavy atom. The Labute approximate surface area is 270 Å². The van der Waals surface area contributed by atoms with E-state index in [1.807, 2.05) is 0 Å². The molecule has 0 saturated carbocycles. The van der Waals surface area contributed by atoms with Gasteiger partial charge in [-0.05, 0) is 19.3 Å². The zero-order valence-corrected chi connectivity index (χ0v) is 27.8. The monoisotopic (exact) mass is 643 g/mol. The van der Waals surface area contributed by atoms with Crippen LogP contribution < -0.4 is 5.32 Å². The SMILES string of the molecule is C/C1=C/C=C/[C@H](C)[C@H](O)[C@@H](C)[C@@H](O)C(C)[C@H](O)[C@H](C)[C@@H](O)C(C)CC(C)C(=O)C2=C(O)C(C)C(O)C3=C2C(=O)C=C(NC1=O)C3=O. The Morgan fingerprint density at radius 1 is 0.761 bits per heavy atom. The van der Waals surface area contributed by atoms with E-state index >= 15 is 0 Å². The maximum Gasteiger partial charge on any atom is 0.251 e. The molecule has 46 heavy (non-hydrogen) atoms. The Hall–Kier alpha value is -3.22. The lowest BCUT2D eigenvalue weighted by molar-refractivity contribution is -0.122. The van der Waals surface area contributed by atoms with E-state index in [-0.39, 0.29) is 23.3 Å². The molecular formula is C35H49NO10. The first-order valence-electron chi connectivity index (χ1n) is 15.9. The van der Waals surface area contributed by atoms with Crippen molar-refractivity contribution in [2.24, 2.45) is 41.4 Å². The molecule has 0 aromatic rings. The van der Waals surface area contributed by atoms with E-state index in [0.717, 1.165) is 6.08 Å². The smallest absolute Gasteiger partial charge is 0.251 e. The summed E-state index contributed by atoms with van der Waals surface area (Å²) in [4.78, 5) is 53.8. The van der Waals surface area contributed by atoms with Gasteiger partial charge in [-0.15, -0.1) is 0 Å². The summed E-state index contributed by atoms with van der Waals surface area (Å²) in [5.41, 5.74) is -1.42. The predicted molar refractivity (Wildman–Crippen MR) is 170 cm³/mol. The Kier molecular flexibility index (Phi) is 11.9. The van der Waals surface area contributed by atoms with Crippen molar-refractivity contribution >= 4 is 23.3 Å². The standard InChI is InChI=1S/C35H49NO10/c1-14-10-9-11-15(2)35(46)36-22-13-23(37)24-25(32(43)21(8)33(44)26(24)34(22)45)29(40)17(4)12-16(3)28(39)19(6)31(42)20(7)30(41)18(5)27(14)38/h9-11,13-14,16-21,27-28,30-31,33,38-39,41-44H,12H2,1-8H3,(H,36,46)/b10-9+,15-11-/t14-,16?,17?,18+,19+,20?,21?,27-,28-,30+,31+,33?/m0/s1. The van der Waals surface area contributed by atoms with Crippen LogP contribution >= 0.6 is 0 Å². The molecule has 2 aliphatic carbocycles. The maximum absolute atomic E-state index is 13.8. The van der Waals surface area contributed by atoms with Crippen molar-refractivity contribution in [3.63, 3.8) is 0 Å². The number of rotatable bonds is 0. The van der Waals surface area contributed by atoms with Crippen molar-refractivity contribution in [3.05, 3.63) is 58.1 Å². The van der Waals surface area contributed by atoms with Crippen molar-refractivity contribution in [2.45, 2.75) is 92.3 Å². The molecule has 12 atom stereocenters. The molecule has 11 nitrogen and oxygen atoms in total. The molecule has 1 amide bonds. The lowest BCUT2D eigenvalue weighted by atomic mass is 9.72. The third-order valence-corrected chi connectivity index (χ3v) is 10.1. The van der Waals surface area contributed by atoms with Crippen LogP contribution in [0.2, 0.25) is 0 Å². The number of aliphatic hydroxyl groups is 6. The first kappa shape index (κ1) is 37.2. The van der Waals surface area contributed by atoms with E-state index in [1.165, 1.54) is 26.0 Å². The van der Waals surface area contributed by atoms with Crippen LogP contribution in [0, 0.1) is 41.4 Å². The number of Topliss-reactive ketones (excluding diaryl/α,β-unsaturated/α-hetero) is 2. The van der Waals surface area contributed by atoms with Crippen molar-refractivity contribution in [3.8, 4) is 0 Å². The third-order valence-electron chi connectivity index (χ3n) is 10.1. The molecule has 11 heteroatoms. The van der Waals surface area contributed by atoms with E-state index in [9.17, 15) is 49.8 Å². The van der Waals surface area contributed by atoms with Gasteiger partial charge >= 0.3 is 0 Å². The van der Waals surface area contributed by atoms with Gasteiger partial charge in [-0.2, -0.15) is 0 Å². The minimum atomic E-state index is -1.62. The first-order chi connectivity index (χ1) is 21.3. The zero-order valence-electron chi connectivity index (χ0n) is 27.8. The summed E-state index contributed by atoms with van der Waals surface area (Å²) in [5, 5.41) is 68.8. The van der Waals surface area contributed by atoms with Crippen LogP contribution in [0.1, 0.15) is 61.8 Å². The summed E-state index contributed by atoms with van der Waals surface area (Å²) in [5.74, 6) is -8.76. The summed E-state index contributed by atoms with van der Waals surface area (Å²) < 4.78 is 0. The molecule has 7 N–H and O–H groups in total. The second-order valence-electron chi connectivity index (χ2n) is 13.6. The Morgan fingerprint density at radius 3 is 1.89 bits per heavy atom. The molecule has 2 heterocycles. The quantitative estimate of drug-likeness (QED) is 0.191. The lowest BCUT2D eigenvalue weighted by Gasteiger charge is -2.37. The highest BCUT2D eigenvalue weighted by Crippen LogP contribution is 2.40. The number of hydrogen-bond donors (Lipinski definition) is 7. The zero-order chi connectivity index (χ0) is 34.9. The molecular weight excluding hydrogens is 594 g/mol. The van der Waals surface area contributed by atoms with Crippen LogP contribution in [0.15, 0.2) is 58.1 Å². The van der Waals surface area contributed by atoms with Crippen LogP contribution in [-0.2, 0) is 19.2 Å². The number of carbonyl (C=O) groups excluding carboxylic acids is 4. The van der Waals surface area contributed by atoms with E-state index in [4.69, 9.17) is 0 Å². The van der Waals surface area contributed by atoms with Crippen LogP contribution in [0.5, 0.6) is 0 Å². The van der Waals surface area contributed by atoms with Gasteiger partial charge in [0, 0.05) is 58.3 Å². The second-order valence-corrected chi connectivity index (χ2v) is 13.6. The minimum Gasteiger partial charge on any atom is -0.511 e. The molecule has 4 rings (SSSR count). The van der Waals surface area contributed by atoms with E-state index in [0.29, 0.717) is 0 Å². The number of carbonyl (C=O) groups is 4. The molecule has 0 aromatic carbocycles. The van der Waals surface area contributed by atoms with Crippen LogP contribution in [0.25, 0.3) is 0 Å². The third kappa shape index (κ3) is 7.18. The van der Waals surface area contributed by atoms with Gasteiger partial charge in [0.25, 0.3) is 5.91 Å². The second kappa shape index (κ2) is 14.7. The van der Waals surface area contributed by atoms with Crippen LogP contribution in [0.3, 0.4) is 0 Å². The van der Waals surface area contributed by atoms with Crippen LogP contribution in [-0.4, -0.2) is 84.4 Å². The topological polar surface area (TPSA) is 202 Å². The van der Waals surface area contributed by atoms with Gasteiger partial charge in [-0.1, -0.05) is 66.7 Å². The Balaban J connectivity index is 2.10. The fraction of sp³-hybridized carbons (Fsp3) is 0.600. The van der Waals surface area contributed by atoms with Crippen LogP contribution in [0.4, 0.5) is 0 Å². The van der Waals surface area contributed by atoms with E-state index < -0.39 is 112 Å². The number of aliphatic hydroxyl groups excluding tert-OH is 6. The fourth-order valence-corrected chi connectivity index (χ4v) is 6.69. The molecule has 0 spiro atoms. The Bertz CT molecular complexity index is 1400. The summed E-state index contributed by atoms with van der Waals surface area (Å²) in [7, 11) is 0. The normalized spacial score (nSPS) is 41.2. The van der Waals surface area contributed by atoms with E-state index in [1.54, 1.807) is 47.6 Å². The largest absolute Gasteiger partial charge is 0.511 e. The molecule has 5 unspecified atom stereocenters. The molecule has 2 aliphatic heterocycles. The number of ketones is 3. The average Bonchev–Trinajstić information content (AvgIpc) is 3.02. The first-order valence-corrected chi connectivity index (χ1v) is 15.9. The molecule has 4 aliphatic rings. The summed E-state index contributed by atoms with van der Waals surface area (Å²) in [6.45, 7) is 12.8. The molecule has 254 valence electrons. The van der Waals surface area contributed by atoms with Gasteiger partial charge in [-0.25, -0.2) is 0 Å². The average molecular weight is 644 g/mol. The van der Waals surface area contributed by atoms with Crippen molar-refractivity contribution in [1.82, 2.24) is 5.32 Å². The number of hydrogen-bond acceptors (Lipinski definition) is 10. The van der Waals surface area contributed by atoms with Crippen molar-refractivity contribution in [2.75, 3.05) is 0 Å². The number of nitrogens with one attached hydrogen (secondary N) is 1. The van der Waals surface area contributed by atoms with Crippen molar-refractivity contribution < 1.29 is 49.8 Å². The molecule has 0 aromatic heterocycles. The van der Waals surface area contributed by atoms with Gasteiger partial charge in [-0.3, -0.25) is 19.2 Å². The highest BCUT2D eigenvalue weighted by atomic mass is 16.3. The highest BCUT2D eigenvalue weighted by Gasteiger charge is 2.46. The number of allylic oxidation sites excluding steroid dienone is 6. The van der Waals surface area contributed by atoms with Gasteiger partial charge < -0.3 is 36.0 Å².